The van der Waals surface area contributed by atoms with E-state index >= 15 is 0 Å². The highest BCUT2D eigenvalue weighted by molar-refractivity contribution is 9.10. The molecule has 0 aliphatic carbocycles. The lowest BCUT2D eigenvalue weighted by Crippen LogP contribution is -2.07. The molecule has 1 fully saturated rings. The molecule has 2 atom stereocenters. The van der Waals surface area contributed by atoms with E-state index in [4.69, 9.17) is 9.68 Å². The van der Waals surface area contributed by atoms with Crippen molar-refractivity contribution in [2.45, 2.75) is 5.92 Å². The van der Waals surface area contributed by atoms with Gasteiger partial charge < -0.3 is 9.73 Å². The second kappa shape index (κ2) is 3.52. The molecule has 3 nitrogen and oxygen atoms in total. The van der Waals surface area contributed by atoms with Crippen molar-refractivity contribution in [3.05, 3.63) is 22.6 Å². The molecule has 0 amide bonds. The van der Waals surface area contributed by atoms with Crippen LogP contribution in [-0.4, -0.2) is 13.1 Å². The Balaban J connectivity index is 2.21. The van der Waals surface area contributed by atoms with Crippen LogP contribution in [0.2, 0.25) is 0 Å². The van der Waals surface area contributed by atoms with Crippen LogP contribution in [0.5, 0.6) is 0 Å². The summed E-state index contributed by atoms with van der Waals surface area (Å²) >= 11 is 3.25. The van der Waals surface area contributed by atoms with Gasteiger partial charge >= 0.3 is 0 Å². The van der Waals surface area contributed by atoms with E-state index in [1.165, 1.54) is 0 Å². The minimum atomic E-state index is 0.0399. The highest BCUT2D eigenvalue weighted by atomic mass is 79.9. The maximum atomic E-state index is 8.86. The van der Waals surface area contributed by atoms with Crippen molar-refractivity contribution in [1.29, 1.82) is 5.26 Å². The Bertz CT molecular complexity index is 342. The molecule has 0 bridgehead atoms. The molecule has 68 valence electrons. The van der Waals surface area contributed by atoms with Gasteiger partial charge in [-0.1, -0.05) is 0 Å². The average Bonchev–Trinajstić information content (AvgIpc) is 2.71. The lowest BCUT2D eigenvalue weighted by molar-refractivity contribution is 0.436. The molecule has 1 aliphatic rings. The SMILES string of the molecule is N#C[C@H]1CNC[C@H]1c1ccc(Br)o1. The van der Waals surface area contributed by atoms with Gasteiger partial charge in [-0.15, -0.1) is 0 Å². The van der Waals surface area contributed by atoms with Crippen LogP contribution in [-0.2, 0) is 0 Å². The molecule has 0 saturated carbocycles. The second-order valence-electron chi connectivity index (χ2n) is 3.14. The van der Waals surface area contributed by atoms with Crippen molar-refractivity contribution in [1.82, 2.24) is 5.32 Å². The normalized spacial score (nSPS) is 27.4. The Hall–Kier alpha value is -0.790. The Labute approximate surface area is 84.9 Å². The number of rotatable bonds is 1. The largest absolute Gasteiger partial charge is 0.454 e. The minimum absolute atomic E-state index is 0.0399. The molecule has 0 spiro atoms. The van der Waals surface area contributed by atoms with E-state index in [9.17, 15) is 0 Å². The summed E-state index contributed by atoms with van der Waals surface area (Å²) < 4.78 is 6.15. The number of furan rings is 1. The third kappa shape index (κ3) is 1.62. The number of nitriles is 1. The molecule has 1 saturated heterocycles. The average molecular weight is 241 g/mol. The van der Waals surface area contributed by atoms with Gasteiger partial charge in [0.05, 0.1) is 12.0 Å². The van der Waals surface area contributed by atoms with E-state index < -0.39 is 0 Å². The fourth-order valence-corrected chi connectivity index (χ4v) is 1.96. The maximum absolute atomic E-state index is 8.86. The number of halogens is 1. The number of nitrogens with one attached hydrogen (secondary N) is 1. The second-order valence-corrected chi connectivity index (χ2v) is 3.92. The molecule has 0 radical (unpaired) electrons. The first-order valence-electron chi connectivity index (χ1n) is 4.17. The third-order valence-electron chi connectivity index (χ3n) is 2.34. The van der Waals surface area contributed by atoms with Crippen LogP contribution in [0.4, 0.5) is 0 Å². The highest BCUT2D eigenvalue weighted by Gasteiger charge is 2.30. The van der Waals surface area contributed by atoms with Gasteiger partial charge in [0.2, 0.25) is 0 Å². The molecule has 4 heteroatoms. The van der Waals surface area contributed by atoms with Crippen LogP contribution in [0.15, 0.2) is 21.2 Å². The van der Waals surface area contributed by atoms with Crippen LogP contribution in [0.3, 0.4) is 0 Å². The van der Waals surface area contributed by atoms with E-state index in [0.29, 0.717) is 0 Å². The monoisotopic (exact) mass is 240 g/mol. The summed E-state index contributed by atoms with van der Waals surface area (Å²) in [6, 6.07) is 6.07. The maximum Gasteiger partial charge on any atom is 0.169 e. The van der Waals surface area contributed by atoms with Gasteiger partial charge in [-0.3, -0.25) is 0 Å². The van der Waals surface area contributed by atoms with Gasteiger partial charge in [0.15, 0.2) is 4.67 Å². The quantitative estimate of drug-likeness (QED) is 0.816. The van der Waals surface area contributed by atoms with Crippen LogP contribution in [0, 0.1) is 17.2 Å². The molecule has 1 aliphatic heterocycles. The van der Waals surface area contributed by atoms with Gasteiger partial charge in [0, 0.05) is 19.0 Å². The Morgan fingerprint density at radius 1 is 1.54 bits per heavy atom. The van der Waals surface area contributed by atoms with E-state index in [0.717, 1.165) is 23.5 Å². The summed E-state index contributed by atoms with van der Waals surface area (Å²) in [7, 11) is 0. The van der Waals surface area contributed by atoms with Crippen LogP contribution >= 0.6 is 15.9 Å². The first-order valence-corrected chi connectivity index (χ1v) is 4.96. The predicted octanol–water partition coefficient (Wildman–Crippen LogP) is 1.87. The fraction of sp³-hybridized carbons (Fsp3) is 0.444. The molecule has 0 unspecified atom stereocenters. The first-order chi connectivity index (χ1) is 6.31. The molecule has 2 rings (SSSR count). The van der Waals surface area contributed by atoms with Crippen molar-refractivity contribution in [2.75, 3.05) is 13.1 Å². The number of nitrogens with zero attached hydrogens (tertiary/aromatic N) is 1. The van der Waals surface area contributed by atoms with Crippen LogP contribution in [0.25, 0.3) is 0 Å². The summed E-state index contributed by atoms with van der Waals surface area (Å²) in [5, 5.41) is 12.0. The van der Waals surface area contributed by atoms with Gasteiger partial charge in [-0.05, 0) is 28.1 Å². The van der Waals surface area contributed by atoms with Gasteiger partial charge in [-0.2, -0.15) is 5.26 Å². The van der Waals surface area contributed by atoms with Crippen molar-refractivity contribution >= 4 is 15.9 Å². The molecule has 0 aromatic carbocycles. The Morgan fingerprint density at radius 3 is 3.00 bits per heavy atom. The summed E-state index contributed by atoms with van der Waals surface area (Å²) in [6.07, 6.45) is 0. The first kappa shape index (κ1) is 8.79. The van der Waals surface area contributed by atoms with Gasteiger partial charge in [0.1, 0.15) is 5.76 Å². The Kier molecular flexibility index (Phi) is 2.38. The summed E-state index contributed by atoms with van der Waals surface area (Å²) in [5.74, 6) is 1.14. The molecule has 1 aromatic rings. The molecule has 2 heterocycles. The zero-order valence-electron chi connectivity index (χ0n) is 6.96. The summed E-state index contributed by atoms with van der Waals surface area (Å²) in [4.78, 5) is 0. The van der Waals surface area contributed by atoms with Gasteiger partial charge in [-0.25, -0.2) is 0 Å². The van der Waals surface area contributed by atoms with E-state index in [2.05, 4.69) is 27.3 Å². The summed E-state index contributed by atoms with van der Waals surface area (Å²) in [5.41, 5.74) is 0. The van der Waals surface area contributed by atoms with E-state index in [1.807, 2.05) is 12.1 Å². The highest BCUT2D eigenvalue weighted by Crippen LogP contribution is 2.30. The lowest BCUT2D eigenvalue weighted by atomic mass is 9.95. The molecule has 13 heavy (non-hydrogen) atoms. The smallest absolute Gasteiger partial charge is 0.169 e. The topological polar surface area (TPSA) is 49.0 Å². The third-order valence-corrected chi connectivity index (χ3v) is 2.77. The Morgan fingerprint density at radius 2 is 2.38 bits per heavy atom. The fourth-order valence-electron chi connectivity index (χ4n) is 1.64. The minimum Gasteiger partial charge on any atom is -0.454 e. The van der Waals surface area contributed by atoms with E-state index in [1.54, 1.807) is 0 Å². The van der Waals surface area contributed by atoms with Crippen LogP contribution in [0.1, 0.15) is 11.7 Å². The predicted molar refractivity (Wildman–Crippen MR) is 51.1 cm³/mol. The van der Waals surface area contributed by atoms with Crippen molar-refractivity contribution in [2.24, 2.45) is 5.92 Å². The standard InChI is InChI=1S/C9H9BrN2O/c10-9-2-1-8(13-9)7-5-12-4-6(7)3-11/h1-2,6-7,12H,4-5H2/t6-,7+/m0/s1. The van der Waals surface area contributed by atoms with Gasteiger partial charge in [0.25, 0.3) is 0 Å². The zero-order valence-corrected chi connectivity index (χ0v) is 8.54. The molecular weight excluding hydrogens is 232 g/mol. The van der Waals surface area contributed by atoms with E-state index in [-0.39, 0.29) is 11.8 Å². The van der Waals surface area contributed by atoms with Crippen molar-refractivity contribution < 1.29 is 4.42 Å². The molecule has 1 N–H and O–H groups in total. The lowest BCUT2D eigenvalue weighted by Gasteiger charge is -2.07. The molecular formula is C9H9BrN2O. The van der Waals surface area contributed by atoms with Crippen molar-refractivity contribution in [3.63, 3.8) is 0 Å². The van der Waals surface area contributed by atoms with Crippen LogP contribution < -0.4 is 5.32 Å². The number of hydrogen-bond donors (Lipinski definition) is 1. The molecule has 1 aromatic heterocycles. The zero-order chi connectivity index (χ0) is 9.26. The summed E-state index contributed by atoms with van der Waals surface area (Å²) in [6.45, 7) is 1.59. The van der Waals surface area contributed by atoms with Crippen molar-refractivity contribution in [3.8, 4) is 6.07 Å². The number of hydrogen-bond acceptors (Lipinski definition) is 3.